The Morgan fingerprint density at radius 3 is 1.68 bits per heavy atom. The Labute approximate surface area is 212 Å². The topological polar surface area (TPSA) is 43.4 Å². The van der Waals surface area contributed by atoms with Crippen LogP contribution in [-0.2, 0) is 20.3 Å². The van der Waals surface area contributed by atoms with E-state index in [1.807, 2.05) is 52.0 Å². The van der Waals surface area contributed by atoms with Gasteiger partial charge < -0.3 is 4.74 Å². The lowest BCUT2D eigenvalue weighted by molar-refractivity contribution is -0.164. The van der Waals surface area contributed by atoms with Crippen LogP contribution in [0.4, 0.5) is 0 Å². The van der Waals surface area contributed by atoms with E-state index >= 15 is 0 Å². The number of carbonyl (C=O) groups is 1. The van der Waals surface area contributed by atoms with E-state index in [1.165, 1.54) is 69.8 Å². The van der Waals surface area contributed by atoms with Crippen molar-refractivity contribution in [3.05, 3.63) is 29.8 Å². The maximum atomic E-state index is 13.6. The normalized spacial score (nSPS) is 21.0. The molecule has 1 aliphatic carbocycles. The summed E-state index contributed by atoms with van der Waals surface area (Å²) in [5.74, 6) is 0.138. The third kappa shape index (κ3) is 10.2. The van der Waals surface area contributed by atoms with Crippen molar-refractivity contribution in [3.63, 3.8) is 0 Å². The van der Waals surface area contributed by atoms with Gasteiger partial charge in [0.05, 0.1) is 16.7 Å². The number of benzene rings is 1. The van der Waals surface area contributed by atoms with Gasteiger partial charge in [0.25, 0.3) is 0 Å². The van der Waals surface area contributed by atoms with Crippen molar-refractivity contribution < 1.29 is 13.7 Å². The average Bonchev–Trinajstić information content (AvgIpc) is 2.78. The van der Waals surface area contributed by atoms with E-state index in [2.05, 4.69) is 6.92 Å². The summed E-state index contributed by atoms with van der Waals surface area (Å²) in [4.78, 5) is 14.2. The van der Waals surface area contributed by atoms with Crippen LogP contribution < -0.4 is 0 Å². The number of esters is 1. The van der Waals surface area contributed by atoms with Crippen molar-refractivity contribution >= 4 is 16.8 Å². The first-order valence-corrected chi connectivity index (χ1v) is 15.1. The molecule has 0 amide bonds. The lowest BCUT2D eigenvalue weighted by Crippen LogP contribution is -2.42. The van der Waals surface area contributed by atoms with Gasteiger partial charge in [-0.3, -0.25) is 9.00 Å². The van der Waals surface area contributed by atoms with Crippen LogP contribution in [0.2, 0.25) is 0 Å². The van der Waals surface area contributed by atoms with Crippen molar-refractivity contribution in [2.75, 3.05) is 5.75 Å². The lowest BCUT2D eigenvalue weighted by atomic mass is 9.70. The predicted octanol–water partition coefficient (Wildman–Crippen LogP) is 8.54. The first-order chi connectivity index (χ1) is 16.1. The summed E-state index contributed by atoms with van der Waals surface area (Å²) in [6, 6.07) is 8.05. The first kappa shape index (κ1) is 29.1. The highest BCUT2D eigenvalue weighted by Crippen LogP contribution is 2.42. The summed E-state index contributed by atoms with van der Waals surface area (Å²) in [5.41, 5.74) is 0.368. The second-order valence-corrected chi connectivity index (χ2v) is 13.1. The molecule has 0 saturated heterocycles. The highest BCUT2D eigenvalue weighted by atomic mass is 32.2. The average molecular weight is 491 g/mol. The predicted molar refractivity (Wildman–Crippen MR) is 145 cm³/mol. The molecular weight excluding hydrogens is 440 g/mol. The van der Waals surface area contributed by atoms with Gasteiger partial charge in [0, 0.05) is 10.6 Å². The molecule has 2 atom stereocenters. The SMILES string of the molecule is Cc1ccc(S(=O)CC2([C@@H](C)C(=O)OC(C)(C)C)CCCCCCCCCCCCCC2)cc1. The molecule has 1 aliphatic rings. The van der Waals surface area contributed by atoms with Gasteiger partial charge in [-0.1, -0.05) is 102 Å². The molecule has 0 heterocycles. The molecule has 2 rings (SSSR count). The van der Waals surface area contributed by atoms with E-state index in [1.54, 1.807) is 0 Å². The monoisotopic (exact) mass is 490 g/mol. The minimum atomic E-state index is -1.14. The van der Waals surface area contributed by atoms with E-state index in [-0.39, 0.29) is 17.3 Å². The zero-order valence-electron chi connectivity index (χ0n) is 22.6. The van der Waals surface area contributed by atoms with Crippen molar-refractivity contribution in [1.82, 2.24) is 0 Å². The van der Waals surface area contributed by atoms with E-state index in [4.69, 9.17) is 4.74 Å². The Balaban J connectivity index is 2.29. The molecule has 1 aromatic rings. The molecule has 34 heavy (non-hydrogen) atoms. The summed E-state index contributed by atoms with van der Waals surface area (Å²) in [7, 11) is -1.14. The quantitative estimate of drug-likeness (QED) is 0.388. The third-order valence-corrected chi connectivity index (χ3v) is 9.12. The Bertz CT molecular complexity index is 731. The van der Waals surface area contributed by atoms with Gasteiger partial charge in [-0.2, -0.15) is 0 Å². The standard InChI is InChI=1S/C30H50O3S/c1-25-18-20-27(21-19-25)34(32)24-30(26(2)28(31)33-29(3,4)5)22-16-14-12-10-8-6-7-9-11-13-15-17-23-30/h18-21,26H,6-17,22-24H2,1-5H3/t26-,34?/m0/s1. The molecule has 0 N–H and O–H groups in total. The molecule has 194 valence electrons. The molecule has 0 aliphatic heterocycles. The van der Waals surface area contributed by atoms with Crippen molar-refractivity contribution in [1.29, 1.82) is 0 Å². The summed E-state index contributed by atoms with van der Waals surface area (Å²) < 4.78 is 19.5. The number of aryl methyl sites for hydroxylation is 1. The summed E-state index contributed by atoms with van der Waals surface area (Å²) >= 11 is 0. The van der Waals surface area contributed by atoms with Crippen LogP contribution in [-0.4, -0.2) is 21.5 Å². The minimum Gasteiger partial charge on any atom is -0.460 e. The molecule has 0 aromatic heterocycles. The van der Waals surface area contributed by atoms with Crippen LogP contribution in [0.1, 0.15) is 123 Å². The van der Waals surface area contributed by atoms with Gasteiger partial charge in [0.15, 0.2) is 0 Å². The van der Waals surface area contributed by atoms with Crippen molar-refractivity contribution in [3.8, 4) is 0 Å². The van der Waals surface area contributed by atoms with Gasteiger partial charge in [0.2, 0.25) is 0 Å². The van der Waals surface area contributed by atoms with Gasteiger partial charge in [-0.15, -0.1) is 0 Å². The highest BCUT2D eigenvalue weighted by molar-refractivity contribution is 7.85. The summed E-state index contributed by atoms with van der Waals surface area (Å²) in [6.07, 6.45) is 17.0. The molecule has 0 bridgehead atoms. The Hall–Kier alpha value is -1.16. The van der Waals surface area contributed by atoms with Crippen LogP contribution in [0.3, 0.4) is 0 Å². The van der Waals surface area contributed by atoms with E-state index < -0.39 is 16.4 Å². The number of ether oxygens (including phenoxy) is 1. The number of hydrogen-bond donors (Lipinski definition) is 0. The molecular formula is C30H50O3S. The summed E-state index contributed by atoms with van der Waals surface area (Å²) in [6.45, 7) is 9.90. The molecule has 3 nitrogen and oxygen atoms in total. The maximum Gasteiger partial charge on any atom is 0.309 e. The zero-order chi connectivity index (χ0) is 25.0. The van der Waals surface area contributed by atoms with Crippen molar-refractivity contribution in [2.24, 2.45) is 11.3 Å². The van der Waals surface area contributed by atoms with Crippen LogP contribution in [0.25, 0.3) is 0 Å². The largest absolute Gasteiger partial charge is 0.460 e. The van der Waals surface area contributed by atoms with E-state index in [9.17, 15) is 9.00 Å². The molecule has 0 radical (unpaired) electrons. The molecule has 0 spiro atoms. The van der Waals surface area contributed by atoms with Gasteiger partial charge in [-0.05, 0) is 58.1 Å². The zero-order valence-corrected chi connectivity index (χ0v) is 23.4. The Morgan fingerprint density at radius 2 is 1.26 bits per heavy atom. The fraction of sp³-hybridized carbons (Fsp3) is 0.767. The molecule has 1 aromatic carbocycles. The number of rotatable bonds is 5. The van der Waals surface area contributed by atoms with Gasteiger partial charge in [-0.25, -0.2) is 0 Å². The van der Waals surface area contributed by atoms with Crippen LogP contribution in [0, 0.1) is 18.3 Å². The second kappa shape index (κ2) is 14.4. The van der Waals surface area contributed by atoms with Gasteiger partial charge >= 0.3 is 5.97 Å². The Kier molecular flexibility index (Phi) is 12.3. The second-order valence-electron chi connectivity index (χ2n) is 11.7. The van der Waals surface area contributed by atoms with Crippen LogP contribution in [0.5, 0.6) is 0 Å². The van der Waals surface area contributed by atoms with Crippen LogP contribution >= 0.6 is 0 Å². The highest BCUT2D eigenvalue weighted by Gasteiger charge is 2.42. The first-order valence-electron chi connectivity index (χ1n) is 13.8. The molecule has 4 heteroatoms. The van der Waals surface area contributed by atoms with Crippen molar-refractivity contribution in [2.45, 2.75) is 135 Å². The van der Waals surface area contributed by atoms with Gasteiger partial charge in [0.1, 0.15) is 5.60 Å². The fourth-order valence-corrected chi connectivity index (χ4v) is 6.89. The van der Waals surface area contributed by atoms with Crippen LogP contribution in [0.15, 0.2) is 29.2 Å². The Morgan fingerprint density at radius 1 is 0.853 bits per heavy atom. The maximum absolute atomic E-state index is 13.6. The molecule has 1 unspecified atom stereocenters. The third-order valence-electron chi connectivity index (χ3n) is 7.48. The smallest absolute Gasteiger partial charge is 0.309 e. The summed E-state index contributed by atoms with van der Waals surface area (Å²) in [5, 5.41) is 0. The lowest BCUT2D eigenvalue weighted by Gasteiger charge is -2.39. The minimum absolute atomic E-state index is 0.133. The van der Waals surface area contributed by atoms with E-state index in [0.29, 0.717) is 5.75 Å². The number of hydrogen-bond acceptors (Lipinski definition) is 3. The fourth-order valence-electron chi connectivity index (χ4n) is 5.22. The molecule has 1 fully saturated rings. The van der Waals surface area contributed by atoms with E-state index in [0.717, 1.165) is 30.6 Å². The molecule has 1 saturated carbocycles. The number of carbonyl (C=O) groups excluding carboxylic acids is 1.